The van der Waals surface area contributed by atoms with Crippen molar-refractivity contribution in [1.82, 2.24) is 47.9 Å². The van der Waals surface area contributed by atoms with Gasteiger partial charge in [0.05, 0.1) is 51.7 Å². The first-order valence-electron chi connectivity index (χ1n) is 23.8. The lowest BCUT2D eigenvalue weighted by Crippen LogP contribution is -2.58. The number of hydrogen-bond acceptors (Lipinski definition) is 18. The average molecular weight is 1040 g/mol. The van der Waals surface area contributed by atoms with Crippen molar-refractivity contribution in [2.45, 2.75) is 126 Å². The van der Waals surface area contributed by atoms with Gasteiger partial charge >= 0.3 is 17.9 Å². The number of ether oxygens (including phenoxy) is 1. The van der Waals surface area contributed by atoms with Crippen LogP contribution in [0.15, 0.2) is 24.3 Å². The number of aliphatic hydroxyl groups is 5. The summed E-state index contributed by atoms with van der Waals surface area (Å²) in [5, 5.41) is 97.2. The molecule has 0 fully saturated rings. The monoisotopic (exact) mass is 1040 g/mol. The Hall–Kier alpha value is -6.56. The van der Waals surface area contributed by atoms with Crippen molar-refractivity contribution in [3.8, 4) is 5.75 Å². The number of carboxylic acid groups (broad SMARTS) is 3. The van der Waals surface area contributed by atoms with Gasteiger partial charge in [0.2, 0.25) is 41.4 Å². The molecule has 1 aromatic rings. The maximum absolute atomic E-state index is 12.8. The number of likely N-dealkylation sites (N-methyl/N-ethyl adjacent to an activating group) is 1. The second kappa shape index (κ2) is 37.2. The Morgan fingerprint density at radius 1 is 0.507 bits per heavy atom. The molecule has 73 heavy (non-hydrogen) atoms. The minimum absolute atomic E-state index is 0.0459. The zero-order chi connectivity index (χ0) is 54.7. The van der Waals surface area contributed by atoms with Gasteiger partial charge in [0.15, 0.2) is 0 Å². The molecule has 0 aromatic heterocycles. The first-order valence-corrected chi connectivity index (χ1v) is 23.8. The summed E-state index contributed by atoms with van der Waals surface area (Å²) in [6.07, 6.45) is 4.90. The lowest BCUT2D eigenvalue weighted by atomic mass is 10.1. The van der Waals surface area contributed by atoms with E-state index in [-0.39, 0.29) is 31.5 Å². The van der Waals surface area contributed by atoms with Crippen molar-refractivity contribution >= 4 is 59.3 Å². The van der Waals surface area contributed by atoms with E-state index >= 15 is 0 Å². The van der Waals surface area contributed by atoms with E-state index in [4.69, 9.17) is 14.9 Å². The molecule has 0 spiro atoms. The van der Waals surface area contributed by atoms with Crippen LogP contribution in [-0.2, 0) is 43.2 Å². The summed E-state index contributed by atoms with van der Waals surface area (Å²) in [7, 11) is 1.52. The number of carboxylic acids is 3. The van der Waals surface area contributed by atoms with Crippen LogP contribution in [0.25, 0.3) is 0 Å². The summed E-state index contributed by atoms with van der Waals surface area (Å²) in [4.78, 5) is 122. The predicted molar refractivity (Wildman–Crippen MR) is 255 cm³/mol. The molecule has 412 valence electrons. The van der Waals surface area contributed by atoms with Crippen LogP contribution in [0.4, 0.5) is 0 Å². The quantitative estimate of drug-likeness (QED) is 0.0216. The van der Waals surface area contributed by atoms with Gasteiger partial charge in [-0.3, -0.25) is 43.7 Å². The van der Waals surface area contributed by atoms with Gasteiger partial charge in [-0.05, 0) is 70.0 Å². The Balaban J connectivity index is 2.44. The van der Waals surface area contributed by atoms with Gasteiger partial charge < -0.3 is 88.1 Å². The smallest absolute Gasteiger partial charge is 0.335 e. The zero-order valence-electron chi connectivity index (χ0n) is 40.8. The number of aromatic carboxylic acids is 1. The molecule has 7 atom stereocenters. The van der Waals surface area contributed by atoms with E-state index in [9.17, 15) is 78.6 Å². The van der Waals surface area contributed by atoms with Crippen LogP contribution >= 0.6 is 0 Å². The molecule has 0 aliphatic heterocycles. The van der Waals surface area contributed by atoms with Crippen LogP contribution in [0, 0.1) is 0 Å². The van der Waals surface area contributed by atoms with Gasteiger partial charge in [-0.1, -0.05) is 38.5 Å². The number of carbonyl (C=O) groups excluding carboxylic acids is 7. The lowest BCUT2D eigenvalue weighted by molar-refractivity contribution is -0.142. The third-order valence-corrected chi connectivity index (χ3v) is 10.9. The fourth-order valence-electron chi connectivity index (χ4n) is 6.60. The summed E-state index contributed by atoms with van der Waals surface area (Å²) >= 11 is 0. The first kappa shape index (κ1) is 64.5. The van der Waals surface area contributed by atoms with Crippen molar-refractivity contribution < 1.29 is 93.5 Å². The molecule has 1 aromatic carbocycles. The lowest BCUT2D eigenvalue weighted by Gasteiger charge is -2.22. The van der Waals surface area contributed by atoms with Gasteiger partial charge in [0.1, 0.15) is 48.2 Å². The van der Waals surface area contributed by atoms with Gasteiger partial charge in [-0.15, -0.1) is 0 Å². The van der Waals surface area contributed by atoms with Crippen LogP contribution in [-0.4, -0.2) is 202 Å². The summed E-state index contributed by atoms with van der Waals surface area (Å²) in [5.74, 6) is -9.73. The number of rotatable bonds is 41. The third kappa shape index (κ3) is 27.7. The van der Waals surface area contributed by atoms with E-state index in [1.165, 1.54) is 19.2 Å². The fourth-order valence-corrected chi connectivity index (χ4v) is 6.60. The summed E-state index contributed by atoms with van der Waals surface area (Å²) in [6.45, 7) is -4.45. The van der Waals surface area contributed by atoms with E-state index in [2.05, 4.69) is 47.9 Å². The Bertz CT molecular complexity index is 1910. The van der Waals surface area contributed by atoms with Crippen molar-refractivity contribution in [3.63, 3.8) is 0 Å². The molecule has 7 amide bonds. The van der Waals surface area contributed by atoms with E-state index in [1.807, 2.05) is 0 Å². The fraction of sp³-hybridized carbons (Fsp3) is 0.644. The maximum Gasteiger partial charge on any atom is 0.335 e. The minimum Gasteiger partial charge on any atom is -0.494 e. The summed E-state index contributed by atoms with van der Waals surface area (Å²) < 4.78 is 5.61. The molecule has 17 N–H and O–H groups in total. The molecule has 1 rings (SSSR count). The highest BCUT2D eigenvalue weighted by Crippen LogP contribution is 2.14. The van der Waals surface area contributed by atoms with Gasteiger partial charge in [0.25, 0.3) is 0 Å². The standard InChI is InChI=1S/C45H73N9O19/c1-46-29(44(69)70)11-8-9-19-47-37(61)21-48-39(63)31(23-55)54-42(66)34(26-58)52-38(62)22-49-40(64)32(24-56)53-41(65)33(25-57)51-36(60)18-17-30(45(71)72)50-35(59)12-7-5-3-2-4-6-10-20-73-28-15-13-27(14-16-28)43(67)68/h13-16,29-34,37,46-47,55-58,61H,2-12,17-26H2,1H3,(H,48,63)(H,49,64)(H,50,59)(H,51,60)(H,52,62)(H,53,65)(H,54,66)(H,67,68)(H,69,70)(H,71,72)/t29-,30-,31-,32-,33-,34-,37?/m0/s1. The largest absolute Gasteiger partial charge is 0.494 e. The Morgan fingerprint density at radius 2 is 0.986 bits per heavy atom. The Kier molecular flexibility index (Phi) is 32.9. The van der Waals surface area contributed by atoms with Crippen molar-refractivity contribution in [2.75, 3.05) is 59.7 Å². The summed E-state index contributed by atoms with van der Waals surface area (Å²) in [5.41, 5.74) is 0.173. The number of benzene rings is 1. The van der Waals surface area contributed by atoms with Gasteiger partial charge in [-0.2, -0.15) is 0 Å². The van der Waals surface area contributed by atoms with Crippen LogP contribution in [0.5, 0.6) is 5.75 Å². The van der Waals surface area contributed by atoms with E-state index in [0.717, 1.165) is 38.5 Å². The highest BCUT2D eigenvalue weighted by molar-refractivity contribution is 5.95. The molecule has 0 bridgehead atoms. The predicted octanol–water partition coefficient (Wildman–Crippen LogP) is -4.87. The molecule has 0 radical (unpaired) electrons. The second-order valence-electron chi connectivity index (χ2n) is 16.6. The van der Waals surface area contributed by atoms with Crippen LogP contribution < -0.4 is 52.6 Å². The van der Waals surface area contributed by atoms with Crippen LogP contribution in [0.2, 0.25) is 0 Å². The summed E-state index contributed by atoms with van der Waals surface area (Å²) in [6, 6.07) is -2.77. The molecule has 1 unspecified atom stereocenters. The molecule has 0 heterocycles. The highest BCUT2D eigenvalue weighted by atomic mass is 16.5. The molecule has 0 saturated carbocycles. The SMILES string of the molecule is CN[C@@H](CCCCNC(O)CNC(=O)[C@H](CO)NC(=O)[C@H](CO)NC(=O)CNC(=O)[C@H](CO)NC(=O)[C@H](CO)NC(=O)CC[C@H](NC(=O)CCCCCCCCCOc1ccc(C(=O)O)cc1)C(=O)O)C(=O)O. The van der Waals surface area contributed by atoms with Crippen molar-refractivity contribution in [1.29, 1.82) is 0 Å². The number of aliphatic hydroxyl groups excluding tert-OH is 5. The number of amides is 7. The maximum atomic E-state index is 12.8. The molecule has 0 aliphatic carbocycles. The minimum atomic E-state index is -1.74. The third-order valence-electron chi connectivity index (χ3n) is 10.9. The number of nitrogens with one attached hydrogen (secondary N) is 9. The number of hydrogen-bond donors (Lipinski definition) is 17. The zero-order valence-corrected chi connectivity index (χ0v) is 40.8. The number of aliphatic carboxylic acids is 2. The number of carbonyl (C=O) groups is 10. The first-order chi connectivity index (χ1) is 34.8. The Morgan fingerprint density at radius 3 is 1.51 bits per heavy atom. The van der Waals surface area contributed by atoms with Crippen LogP contribution in [0.1, 0.15) is 93.8 Å². The van der Waals surface area contributed by atoms with Gasteiger partial charge in [-0.25, -0.2) is 9.59 Å². The second-order valence-corrected chi connectivity index (χ2v) is 16.6. The molecule has 0 saturated heterocycles. The molecule has 0 aliphatic rings. The Labute approximate surface area is 421 Å². The van der Waals surface area contributed by atoms with E-state index < -0.39 is 141 Å². The van der Waals surface area contributed by atoms with Crippen LogP contribution in [0.3, 0.4) is 0 Å². The molecular weight excluding hydrogens is 971 g/mol. The van der Waals surface area contributed by atoms with Crippen molar-refractivity contribution in [3.05, 3.63) is 29.8 Å². The van der Waals surface area contributed by atoms with Crippen molar-refractivity contribution in [2.24, 2.45) is 0 Å². The topological polar surface area (TPSA) is 450 Å². The highest BCUT2D eigenvalue weighted by Gasteiger charge is 2.29. The normalized spacial score (nSPS) is 13.8. The molecular formula is C45H73N9O19. The van der Waals surface area contributed by atoms with E-state index in [0.29, 0.717) is 38.0 Å². The number of unbranched alkanes of at least 4 members (excludes halogenated alkanes) is 7. The molecule has 28 heteroatoms. The van der Waals surface area contributed by atoms with Gasteiger partial charge in [0, 0.05) is 12.8 Å². The van der Waals surface area contributed by atoms with E-state index in [1.54, 1.807) is 12.1 Å². The molecule has 28 nitrogen and oxygen atoms in total. The average Bonchev–Trinajstić information content (AvgIpc) is 3.36.